The fourth-order valence-corrected chi connectivity index (χ4v) is 2.85. The van der Waals surface area contributed by atoms with Gasteiger partial charge in [0.2, 0.25) is 5.91 Å². The molecule has 1 saturated heterocycles. The van der Waals surface area contributed by atoms with Gasteiger partial charge in [-0.1, -0.05) is 19.1 Å². The van der Waals surface area contributed by atoms with Crippen LogP contribution in [-0.4, -0.2) is 42.1 Å². The summed E-state index contributed by atoms with van der Waals surface area (Å²) in [5, 5.41) is 9.10. The lowest BCUT2D eigenvalue weighted by molar-refractivity contribution is -0.145. The average Bonchev–Trinajstić information content (AvgIpc) is 2.54. The van der Waals surface area contributed by atoms with Gasteiger partial charge in [-0.2, -0.15) is 0 Å². The Bertz CT molecular complexity index is 526. The Morgan fingerprint density at radius 3 is 2.64 bits per heavy atom. The number of carboxylic acid groups (broad SMARTS) is 1. The number of ether oxygens (including phenoxy) is 1. The van der Waals surface area contributed by atoms with Crippen molar-refractivity contribution in [3.05, 3.63) is 29.8 Å². The lowest BCUT2D eigenvalue weighted by Gasteiger charge is -2.31. The van der Waals surface area contributed by atoms with Gasteiger partial charge in [-0.05, 0) is 36.5 Å². The predicted molar refractivity (Wildman–Crippen MR) is 83.0 cm³/mol. The molecule has 1 heterocycles. The predicted octanol–water partition coefficient (Wildman–Crippen LogP) is 2.51. The maximum Gasteiger partial charge on any atom is 0.308 e. The minimum atomic E-state index is -0.805. The zero-order valence-corrected chi connectivity index (χ0v) is 13.1. The number of rotatable bonds is 5. The van der Waals surface area contributed by atoms with Gasteiger partial charge >= 0.3 is 5.97 Å². The molecule has 2 atom stereocenters. The second-order valence-electron chi connectivity index (χ2n) is 5.90. The van der Waals surface area contributed by atoms with E-state index in [9.17, 15) is 9.59 Å². The van der Waals surface area contributed by atoms with Crippen LogP contribution in [0.15, 0.2) is 24.3 Å². The van der Waals surface area contributed by atoms with Crippen LogP contribution in [0.5, 0.6) is 5.75 Å². The average molecular weight is 305 g/mol. The van der Waals surface area contributed by atoms with Gasteiger partial charge < -0.3 is 14.7 Å². The third kappa shape index (κ3) is 4.00. The summed E-state index contributed by atoms with van der Waals surface area (Å²) in [7, 11) is 1.62. The van der Waals surface area contributed by atoms with Crippen LogP contribution in [0.25, 0.3) is 0 Å². The normalized spacial score (nSPS) is 19.5. The molecule has 0 bridgehead atoms. The number of carbonyl (C=O) groups is 2. The Morgan fingerprint density at radius 1 is 1.36 bits per heavy atom. The van der Waals surface area contributed by atoms with Crippen LogP contribution < -0.4 is 4.74 Å². The summed E-state index contributed by atoms with van der Waals surface area (Å²) in [5.74, 6) is -0.296. The molecule has 0 aliphatic carbocycles. The van der Waals surface area contributed by atoms with Crippen molar-refractivity contribution in [2.24, 2.45) is 5.92 Å². The summed E-state index contributed by atoms with van der Waals surface area (Å²) >= 11 is 0. The number of benzene rings is 1. The number of piperidine rings is 1. The monoisotopic (exact) mass is 305 g/mol. The molecule has 1 aromatic carbocycles. The van der Waals surface area contributed by atoms with Gasteiger partial charge in [-0.15, -0.1) is 0 Å². The van der Waals surface area contributed by atoms with Crippen LogP contribution in [-0.2, 0) is 9.59 Å². The highest BCUT2D eigenvalue weighted by Gasteiger charge is 2.28. The number of hydrogen-bond donors (Lipinski definition) is 1. The first-order chi connectivity index (χ1) is 10.5. The molecule has 1 aliphatic heterocycles. The molecule has 1 aliphatic rings. The van der Waals surface area contributed by atoms with E-state index < -0.39 is 11.9 Å². The van der Waals surface area contributed by atoms with Crippen LogP contribution in [0, 0.1) is 5.92 Å². The van der Waals surface area contributed by atoms with E-state index in [0.29, 0.717) is 25.9 Å². The summed E-state index contributed by atoms with van der Waals surface area (Å²) in [5.41, 5.74) is 1.08. The summed E-state index contributed by atoms with van der Waals surface area (Å²) in [6, 6.07) is 7.70. The highest BCUT2D eigenvalue weighted by Crippen LogP contribution is 2.24. The number of nitrogens with zero attached hydrogens (tertiary/aromatic N) is 1. The maximum absolute atomic E-state index is 12.4. The molecule has 1 fully saturated rings. The van der Waals surface area contributed by atoms with Gasteiger partial charge in [0.15, 0.2) is 0 Å². The van der Waals surface area contributed by atoms with Gasteiger partial charge in [-0.25, -0.2) is 0 Å². The molecule has 0 radical (unpaired) electrons. The smallest absolute Gasteiger partial charge is 0.308 e. The lowest BCUT2D eigenvalue weighted by Crippen LogP contribution is -2.42. The van der Waals surface area contributed by atoms with E-state index in [1.165, 1.54) is 0 Å². The Labute approximate surface area is 130 Å². The highest BCUT2D eigenvalue weighted by molar-refractivity contribution is 5.78. The molecule has 22 heavy (non-hydrogen) atoms. The molecule has 120 valence electrons. The van der Waals surface area contributed by atoms with E-state index in [0.717, 1.165) is 17.7 Å². The largest absolute Gasteiger partial charge is 0.497 e. The Kier molecular flexibility index (Phi) is 5.41. The minimum absolute atomic E-state index is 0.0364. The van der Waals surface area contributed by atoms with Crippen LogP contribution in [0.3, 0.4) is 0 Å². The second kappa shape index (κ2) is 7.29. The summed E-state index contributed by atoms with van der Waals surface area (Å²) < 4.78 is 5.13. The number of aliphatic carboxylic acids is 1. The second-order valence-corrected chi connectivity index (χ2v) is 5.90. The molecule has 0 spiro atoms. The van der Waals surface area contributed by atoms with Gasteiger partial charge in [-0.3, -0.25) is 9.59 Å². The van der Waals surface area contributed by atoms with Crippen molar-refractivity contribution < 1.29 is 19.4 Å². The third-order valence-electron chi connectivity index (χ3n) is 4.29. The molecule has 1 unspecified atom stereocenters. The minimum Gasteiger partial charge on any atom is -0.497 e. The molecule has 1 amide bonds. The van der Waals surface area contributed by atoms with Gasteiger partial charge in [0, 0.05) is 19.5 Å². The Hall–Kier alpha value is -2.04. The SMILES string of the molecule is COc1ccc(C(C)CC(=O)N2CCC[C@H](C(=O)O)C2)cc1. The van der Waals surface area contributed by atoms with Gasteiger partial charge in [0.05, 0.1) is 13.0 Å². The first kappa shape index (κ1) is 16.3. The first-order valence-corrected chi connectivity index (χ1v) is 7.65. The van der Waals surface area contributed by atoms with Crippen LogP contribution in [0.1, 0.15) is 37.7 Å². The van der Waals surface area contributed by atoms with E-state index in [-0.39, 0.29) is 11.8 Å². The van der Waals surface area contributed by atoms with Crippen LogP contribution in [0.2, 0.25) is 0 Å². The lowest BCUT2D eigenvalue weighted by atomic mass is 9.94. The Balaban J connectivity index is 1.93. The molecular formula is C17H23NO4. The summed E-state index contributed by atoms with van der Waals surface area (Å²) in [6.45, 7) is 3.01. The van der Waals surface area contributed by atoms with Gasteiger partial charge in [0.1, 0.15) is 5.75 Å². The van der Waals surface area contributed by atoms with Crippen molar-refractivity contribution in [2.75, 3.05) is 20.2 Å². The highest BCUT2D eigenvalue weighted by atomic mass is 16.5. The molecule has 1 N–H and O–H groups in total. The van der Waals surface area contributed by atoms with Crippen molar-refractivity contribution in [3.8, 4) is 5.75 Å². The number of likely N-dealkylation sites (tertiary alicyclic amines) is 1. The van der Waals surface area contributed by atoms with Crippen molar-refractivity contribution >= 4 is 11.9 Å². The number of amides is 1. The van der Waals surface area contributed by atoms with E-state index >= 15 is 0 Å². The van der Waals surface area contributed by atoms with E-state index in [1.54, 1.807) is 12.0 Å². The van der Waals surface area contributed by atoms with Crippen LogP contribution in [0.4, 0.5) is 0 Å². The van der Waals surface area contributed by atoms with E-state index in [4.69, 9.17) is 9.84 Å². The Morgan fingerprint density at radius 2 is 2.05 bits per heavy atom. The molecule has 2 rings (SSSR count). The van der Waals surface area contributed by atoms with Crippen LogP contribution >= 0.6 is 0 Å². The molecule has 5 heteroatoms. The molecule has 0 aromatic heterocycles. The number of carbonyl (C=O) groups excluding carboxylic acids is 1. The zero-order valence-electron chi connectivity index (χ0n) is 13.1. The fraction of sp³-hybridized carbons (Fsp3) is 0.529. The van der Waals surface area contributed by atoms with E-state index in [1.807, 2.05) is 31.2 Å². The number of methoxy groups -OCH3 is 1. The molecular weight excluding hydrogens is 282 g/mol. The summed E-state index contributed by atoms with van der Waals surface area (Å²) in [6.07, 6.45) is 1.82. The first-order valence-electron chi connectivity index (χ1n) is 7.65. The number of carboxylic acids is 1. The number of hydrogen-bond acceptors (Lipinski definition) is 3. The topological polar surface area (TPSA) is 66.8 Å². The third-order valence-corrected chi connectivity index (χ3v) is 4.29. The molecule has 5 nitrogen and oxygen atoms in total. The zero-order chi connectivity index (χ0) is 16.1. The van der Waals surface area contributed by atoms with E-state index in [2.05, 4.69) is 0 Å². The van der Waals surface area contributed by atoms with Crippen molar-refractivity contribution in [1.29, 1.82) is 0 Å². The quantitative estimate of drug-likeness (QED) is 0.907. The van der Waals surface area contributed by atoms with Crippen molar-refractivity contribution in [3.63, 3.8) is 0 Å². The maximum atomic E-state index is 12.4. The van der Waals surface area contributed by atoms with Crippen molar-refractivity contribution in [2.45, 2.75) is 32.1 Å². The van der Waals surface area contributed by atoms with Crippen molar-refractivity contribution in [1.82, 2.24) is 4.90 Å². The molecule has 1 aromatic rings. The fourth-order valence-electron chi connectivity index (χ4n) is 2.85. The van der Waals surface area contributed by atoms with Gasteiger partial charge in [0.25, 0.3) is 0 Å². The molecule has 0 saturated carbocycles. The standard InChI is InChI=1S/C17H23NO4/c1-12(13-5-7-15(22-2)8-6-13)10-16(19)18-9-3-4-14(11-18)17(20)21/h5-8,12,14H,3-4,9-11H2,1-2H3,(H,20,21)/t12?,14-/m0/s1. The summed E-state index contributed by atoms with van der Waals surface area (Å²) in [4.78, 5) is 25.2.